The van der Waals surface area contributed by atoms with Crippen molar-refractivity contribution in [3.63, 3.8) is 0 Å². The summed E-state index contributed by atoms with van der Waals surface area (Å²) in [5, 5.41) is 0. The van der Waals surface area contributed by atoms with Crippen molar-refractivity contribution in [1.82, 2.24) is 19.2 Å². The number of nitrogens with zero attached hydrogens (tertiary/aromatic N) is 3. The maximum Gasteiger partial charge on any atom is 0.326 e. The van der Waals surface area contributed by atoms with Gasteiger partial charge in [0.15, 0.2) is 0 Å². The van der Waals surface area contributed by atoms with Crippen LogP contribution in [0.1, 0.15) is 50.1 Å². The van der Waals surface area contributed by atoms with Gasteiger partial charge >= 0.3 is 5.69 Å². The lowest BCUT2D eigenvalue weighted by molar-refractivity contribution is -0.132. The number of hydrogen-bond donors (Lipinski definition) is 2. The number of nitrogens with one attached hydrogen (secondary N) is 2. The summed E-state index contributed by atoms with van der Waals surface area (Å²) in [7, 11) is -3.51. The molecule has 2 N–H and O–H groups in total. The second kappa shape index (κ2) is 9.69. The van der Waals surface area contributed by atoms with Crippen molar-refractivity contribution in [1.29, 1.82) is 0 Å². The highest BCUT2D eigenvalue weighted by molar-refractivity contribution is 7.90. The average Bonchev–Trinajstić information content (AvgIpc) is 3.33. The van der Waals surface area contributed by atoms with Crippen LogP contribution in [0.4, 0.5) is 0 Å². The van der Waals surface area contributed by atoms with E-state index in [0.717, 1.165) is 43.1 Å². The van der Waals surface area contributed by atoms with E-state index in [0.29, 0.717) is 37.5 Å². The zero-order chi connectivity index (χ0) is 24.4. The molecule has 2 aliphatic rings. The summed E-state index contributed by atoms with van der Waals surface area (Å²) in [5.41, 5.74) is 2.28. The van der Waals surface area contributed by atoms with Crippen LogP contribution >= 0.6 is 0 Å². The highest BCUT2D eigenvalue weighted by Crippen LogP contribution is 2.25. The van der Waals surface area contributed by atoms with E-state index in [2.05, 4.69) is 14.7 Å². The summed E-state index contributed by atoms with van der Waals surface area (Å²) in [6.07, 6.45) is 4.42. The number of H-pyrrole nitrogens is 1. The molecule has 0 saturated carbocycles. The zero-order valence-electron chi connectivity index (χ0n) is 19.4. The summed E-state index contributed by atoms with van der Waals surface area (Å²) in [6, 6.07) is 14.6. The minimum absolute atomic E-state index is 0.0894. The molecule has 3 aromatic rings. The number of aromatic amines is 1. The molecule has 2 aromatic carbocycles. The van der Waals surface area contributed by atoms with Crippen LogP contribution in [0.2, 0.25) is 0 Å². The Morgan fingerprint density at radius 1 is 1.00 bits per heavy atom. The first kappa shape index (κ1) is 23.3. The summed E-state index contributed by atoms with van der Waals surface area (Å²) in [5.74, 6) is 0.548. The number of amidine groups is 1. The van der Waals surface area contributed by atoms with E-state index >= 15 is 0 Å². The molecule has 0 aliphatic carbocycles. The third-order valence-corrected chi connectivity index (χ3v) is 8.18. The first-order valence-corrected chi connectivity index (χ1v) is 13.6. The maximum atomic E-state index is 12.7. The van der Waals surface area contributed by atoms with Gasteiger partial charge in [-0.3, -0.25) is 19.1 Å². The largest absolute Gasteiger partial charge is 0.343 e. The lowest BCUT2D eigenvalue weighted by Gasteiger charge is -2.32. The number of aliphatic imine (C=N–C) groups is 1. The molecule has 0 unspecified atom stereocenters. The van der Waals surface area contributed by atoms with Gasteiger partial charge in [0.1, 0.15) is 5.84 Å². The van der Waals surface area contributed by atoms with Gasteiger partial charge in [0.2, 0.25) is 5.91 Å². The molecule has 1 fully saturated rings. The Balaban J connectivity index is 1.06. The maximum absolute atomic E-state index is 12.7. The Labute approximate surface area is 203 Å². The summed E-state index contributed by atoms with van der Waals surface area (Å²) >= 11 is 0. The number of fused-ring (bicyclic) bond motifs is 2. The second-order valence-electron chi connectivity index (χ2n) is 9.07. The van der Waals surface area contributed by atoms with E-state index in [1.807, 2.05) is 33.7 Å². The highest BCUT2D eigenvalue weighted by Gasteiger charge is 2.30. The van der Waals surface area contributed by atoms with Crippen molar-refractivity contribution in [3.05, 3.63) is 64.6 Å². The van der Waals surface area contributed by atoms with Crippen LogP contribution in [-0.4, -0.2) is 54.2 Å². The number of hydrogen-bond acceptors (Lipinski definition) is 5. The first-order chi connectivity index (χ1) is 16.9. The summed E-state index contributed by atoms with van der Waals surface area (Å²) < 4.78 is 28.6. The summed E-state index contributed by atoms with van der Waals surface area (Å²) in [4.78, 5) is 34.6. The molecule has 2 aliphatic heterocycles. The van der Waals surface area contributed by atoms with Crippen LogP contribution in [0.25, 0.3) is 11.0 Å². The Bertz CT molecular complexity index is 1430. The van der Waals surface area contributed by atoms with Gasteiger partial charge in [-0.05, 0) is 49.9 Å². The molecule has 5 rings (SSSR count). The lowest BCUT2D eigenvalue weighted by Crippen LogP contribution is -2.40. The molecule has 0 atom stereocenters. The van der Waals surface area contributed by atoms with Crippen molar-refractivity contribution in [2.75, 3.05) is 19.6 Å². The number of rotatable bonds is 7. The molecule has 0 spiro atoms. The van der Waals surface area contributed by atoms with Crippen molar-refractivity contribution in [2.45, 2.75) is 49.5 Å². The van der Waals surface area contributed by atoms with Crippen LogP contribution in [0.5, 0.6) is 0 Å². The molecule has 0 radical (unpaired) electrons. The molecule has 3 heterocycles. The van der Waals surface area contributed by atoms with Crippen LogP contribution in [0.3, 0.4) is 0 Å². The van der Waals surface area contributed by atoms with Gasteiger partial charge in [-0.15, -0.1) is 0 Å². The van der Waals surface area contributed by atoms with Crippen molar-refractivity contribution >= 4 is 32.8 Å². The monoisotopic (exact) mass is 495 g/mol. The third-order valence-electron chi connectivity index (χ3n) is 6.79. The molecule has 0 bridgehead atoms. The van der Waals surface area contributed by atoms with E-state index in [9.17, 15) is 18.0 Å². The number of piperidine rings is 1. The number of amides is 1. The second-order valence-corrected chi connectivity index (χ2v) is 10.7. The number of para-hydroxylation sites is 2. The standard InChI is InChI=1S/C25H29N5O4S/c31-23(12-2-1-7-15-26-24-19-8-3-6-11-22(19)35(33,34)28-24)29-16-13-18(14-17-29)30-21-10-5-4-9-20(21)27-25(30)32/h3-6,8-11,18H,1-2,7,12-17H2,(H,26,28)(H,27,32). The van der Waals surface area contributed by atoms with Gasteiger partial charge in [-0.25, -0.2) is 13.2 Å². The number of aromatic nitrogens is 2. The molecule has 35 heavy (non-hydrogen) atoms. The number of imidazole rings is 1. The number of carbonyl (C=O) groups excluding carboxylic acids is 1. The number of benzene rings is 2. The normalized spacial score (nSPS) is 18.6. The highest BCUT2D eigenvalue weighted by atomic mass is 32.2. The van der Waals surface area contributed by atoms with E-state index in [1.165, 1.54) is 0 Å². The van der Waals surface area contributed by atoms with E-state index in [1.54, 1.807) is 24.3 Å². The topological polar surface area (TPSA) is 117 Å². The van der Waals surface area contributed by atoms with Crippen molar-refractivity contribution < 1.29 is 13.2 Å². The Morgan fingerprint density at radius 2 is 1.74 bits per heavy atom. The quantitative estimate of drug-likeness (QED) is 0.490. The molecule has 10 heteroatoms. The Morgan fingerprint density at radius 3 is 2.57 bits per heavy atom. The molecule has 1 amide bonds. The third kappa shape index (κ3) is 4.75. The lowest BCUT2D eigenvalue weighted by atomic mass is 10.0. The molecular formula is C25H29N5O4S. The van der Waals surface area contributed by atoms with Crippen LogP contribution in [-0.2, 0) is 14.8 Å². The van der Waals surface area contributed by atoms with E-state index in [4.69, 9.17) is 0 Å². The SMILES string of the molecule is O=C(CCCCCN=C1NS(=O)(=O)c2ccccc21)N1CCC(n2c(=O)[nH]c3ccccc32)CC1. The van der Waals surface area contributed by atoms with Gasteiger partial charge in [0.05, 0.1) is 15.9 Å². The number of carbonyl (C=O) groups is 1. The first-order valence-electron chi connectivity index (χ1n) is 12.1. The van der Waals surface area contributed by atoms with Crippen LogP contribution in [0, 0.1) is 0 Å². The minimum Gasteiger partial charge on any atom is -0.343 e. The summed E-state index contributed by atoms with van der Waals surface area (Å²) in [6.45, 7) is 1.82. The van der Waals surface area contributed by atoms with Gasteiger partial charge in [-0.2, -0.15) is 0 Å². The fourth-order valence-corrected chi connectivity index (χ4v) is 6.23. The van der Waals surface area contributed by atoms with Crippen LogP contribution < -0.4 is 10.4 Å². The van der Waals surface area contributed by atoms with Gasteiger partial charge in [-0.1, -0.05) is 30.7 Å². The predicted molar refractivity (Wildman–Crippen MR) is 134 cm³/mol. The van der Waals surface area contributed by atoms with Gasteiger partial charge in [0, 0.05) is 37.7 Å². The number of likely N-dealkylation sites (tertiary alicyclic amines) is 1. The van der Waals surface area contributed by atoms with Gasteiger partial charge in [0.25, 0.3) is 10.0 Å². The Hall–Kier alpha value is -3.40. The zero-order valence-corrected chi connectivity index (χ0v) is 20.3. The molecular weight excluding hydrogens is 466 g/mol. The van der Waals surface area contributed by atoms with Crippen molar-refractivity contribution in [2.24, 2.45) is 4.99 Å². The minimum atomic E-state index is -3.51. The smallest absolute Gasteiger partial charge is 0.326 e. The molecule has 184 valence electrons. The van der Waals surface area contributed by atoms with E-state index < -0.39 is 10.0 Å². The Kier molecular flexibility index (Phi) is 6.46. The predicted octanol–water partition coefficient (Wildman–Crippen LogP) is 2.79. The van der Waals surface area contributed by atoms with Crippen LogP contribution in [0.15, 0.2) is 63.2 Å². The fraction of sp³-hybridized carbons (Fsp3) is 0.400. The van der Waals surface area contributed by atoms with Gasteiger partial charge < -0.3 is 9.88 Å². The average molecular weight is 496 g/mol. The fourth-order valence-electron chi connectivity index (χ4n) is 4.98. The van der Waals surface area contributed by atoms with Crippen molar-refractivity contribution in [3.8, 4) is 0 Å². The number of unbranched alkanes of at least 4 members (excludes halogenated alkanes) is 2. The molecule has 1 aromatic heterocycles. The molecule has 1 saturated heterocycles. The molecule has 9 nitrogen and oxygen atoms in total. The van der Waals surface area contributed by atoms with E-state index in [-0.39, 0.29) is 22.5 Å². The number of sulfonamides is 1.